The predicted octanol–water partition coefficient (Wildman–Crippen LogP) is -9.93. The van der Waals surface area contributed by atoms with Crippen LogP contribution in [-0.2, 0) is 4.46 Å². The number of aliphatic hydroxyl groups is 1. The Kier molecular flexibility index (Phi) is 50.7. The average molecular weight is 151 g/mol. The molecule has 0 atom stereocenters. The van der Waals surface area contributed by atoms with Crippen LogP contribution in [0, 0.1) is 0 Å². The summed E-state index contributed by atoms with van der Waals surface area (Å²) in [5.41, 5.74) is 4.78. The summed E-state index contributed by atoms with van der Waals surface area (Å²) in [5.74, 6) is 0. The monoisotopic (exact) mass is 151 g/mol. The Hall–Kier alpha value is 0.732. The Morgan fingerprint density at radius 3 is 1.50 bits per heavy atom. The van der Waals surface area contributed by atoms with Crippen molar-refractivity contribution in [1.82, 2.24) is 0 Å². The van der Waals surface area contributed by atoms with Gasteiger partial charge in [-0.25, -0.2) is 0 Å². The van der Waals surface area contributed by atoms with Crippen molar-refractivity contribution in [2.75, 3.05) is 13.2 Å². The first-order chi connectivity index (χ1) is 3.65. The fourth-order valence-corrected chi connectivity index (χ4v) is 0. The molecule has 0 aromatic heterocycles. The summed E-state index contributed by atoms with van der Waals surface area (Å²) in [6.45, 7) is 0.472. The van der Waals surface area contributed by atoms with Crippen molar-refractivity contribution < 1.29 is 56.9 Å². The van der Waals surface area contributed by atoms with Gasteiger partial charge in [0.05, 0.1) is 6.61 Å². The Bertz CT molecular complexity index is 59.2. The molecule has 0 saturated carbocycles. The summed E-state index contributed by atoms with van der Waals surface area (Å²) in [5, 5.41) is 7.75. The zero-order chi connectivity index (χ0) is 6.99. The topological polar surface area (TPSA) is 109 Å². The maximum Gasteiger partial charge on any atom is 1.00 e. The Labute approximate surface area is 84.9 Å². The van der Waals surface area contributed by atoms with Crippen molar-refractivity contribution in [1.29, 1.82) is 0 Å². The second-order valence-electron chi connectivity index (χ2n) is 0.762. The van der Waals surface area contributed by atoms with Gasteiger partial charge in [0.2, 0.25) is 0 Å². The van der Waals surface area contributed by atoms with Crippen molar-refractivity contribution in [2.24, 2.45) is 5.73 Å². The van der Waals surface area contributed by atoms with Crippen LogP contribution in [0.5, 0.6) is 0 Å². The van der Waals surface area contributed by atoms with E-state index < -0.39 is 9.17 Å². The van der Waals surface area contributed by atoms with Gasteiger partial charge in [-0.2, -0.15) is 0 Å². The zero-order valence-electron chi connectivity index (χ0n) is 6.16. The first-order valence-corrected chi connectivity index (χ1v) is 3.06. The zero-order valence-corrected chi connectivity index (χ0v) is 7.16. The molecule has 3 N–H and O–H groups in total. The number of hydrogen-bond donors (Lipinski definition) is 2. The van der Waals surface area contributed by atoms with Crippen LogP contribution in [0.2, 0.25) is 0 Å². The summed E-state index contributed by atoms with van der Waals surface area (Å²) >= 11 is 0. The fraction of sp³-hybridized carbons (Fsp3) is 1.00. The van der Waals surface area contributed by atoms with E-state index in [1.165, 1.54) is 0 Å². The van der Waals surface area contributed by atoms with E-state index in [9.17, 15) is 0 Å². The fourth-order valence-electron chi connectivity index (χ4n) is 0. The third-order valence-electron chi connectivity index (χ3n) is 0.129. The molecule has 0 amide bonds. The molecular formula is C2H7Li2NO4Si. The summed E-state index contributed by atoms with van der Waals surface area (Å²) < 4.78 is 8.52. The number of aliphatic hydroxyl groups excluding tert-OH is 1. The minimum Gasteiger partial charge on any atom is -0.672 e. The van der Waals surface area contributed by atoms with Gasteiger partial charge >= 0.3 is 37.7 Å². The predicted molar refractivity (Wildman–Crippen MR) is 22.6 cm³/mol. The molecule has 0 radical (unpaired) electrons. The van der Waals surface area contributed by atoms with Crippen LogP contribution >= 0.6 is 0 Å². The molecule has 0 aliphatic rings. The van der Waals surface area contributed by atoms with Crippen molar-refractivity contribution in [3.63, 3.8) is 0 Å². The van der Waals surface area contributed by atoms with Crippen molar-refractivity contribution >= 4 is 9.17 Å². The van der Waals surface area contributed by atoms with E-state index in [1.54, 1.807) is 0 Å². The van der Waals surface area contributed by atoms with Crippen molar-refractivity contribution in [3.8, 4) is 0 Å². The van der Waals surface area contributed by atoms with E-state index in [-0.39, 0.29) is 44.3 Å². The second-order valence-corrected chi connectivity index (χ2v) is 1.26. The van der Waals surface area contributed by atoms with Crippen LogP contribution in [0.4, 0.5) is 0 Å². The molecule has 5 nitrogen and oxygen atoms in total. The van der Waals surface area contributed by atoms with E-state index in [2.05, 4.69) is 0 Å². The van der Waals surface area contributed by atoms with E-state index in [0.717, 1.165) is 0 Å². The van der Waals surface area contributed by atoms with Crippen molar-refractivity contribution in [3.05, 3.63) is 0 Å². The molecule has 0 heterocycles. The van der Waals surface area contributed by atoms with Gasteiger partial charge in [0.25, 0.3) is 0 Å². The molecule has 0 aromatic carbocycles. The van der Waals surface area contributed by atoms with Crippen LogP contribution in [0.15, 0.2) is 0 Å². The molecule has 0 spiro atoms. The second kappa shape index (κ2) is 22.6. The van der Waals surface area contributed by atoms with Crippen LogP contribution in [0.25, 0.3) is 0 Å². The molecule has 0 fully saturated rings. The minimum atomic E-state index is -3.63. The Balaban J connectivity index is -0.0000000300. The smallest absolute Gasteiger partial charge is 0.672 e. The van der Waals surface area contributed by atoms with Gasteiger partial charge in [0, 0.05) is 15.7 Å². The quantitative estimate of drug-likeness (QED) is 0.361. The van der Waals surface area contributed by atoms with Gasteiger partial charge in [-0.3, -0.25) is 0 Å². The largest absolute Gasteiger partial charge is 1.00 e. The molecule has 0 bridgehead atoms. The normalized spacial score (nSPS) is 5.40. The minimum absolute atomic E-state index is 0. The molecule has 0 aliphatic carbocycles. The van der Waals surface area contributed by atoms with Crippen molar-refractivity contribution in [2.45, 2.75) is 0 Å². The van der Waals surface area contributed by atoms with Gasteiger partial charge in [0.15, 0.2) is 0 Å². The van der Waals surface area contributed by atoms with E-state index in [1.807, 2.05) is 0 Å². The van der Waals surface area contributed by atoms with E-state index in [0.29, 0.717) is 6.54 Å². The molecule has 10 heavy (non-hydrogen) atoms. The number of rotatable bonds is 1. The van der Waals surface area contributed by atoms with Gasteiger partial charge in [-0.15, -0.1) is 0 Å². The van der Waals surface area contributed by atoms with Gasteiger partial charge < -0.3 is 24.9 Å². The van der Waals surface area contributed by atoms with Crippen LogP contribution in [0.1, 0.15) is 0 Å². The molecule has 0 saturated heterocycles. The summed E-state index contributed by atoms with van der Waals surface area (Å²) in [6, 6.07) is 0. The SMILES string of the molecule is NCCO.O=[Si]([O-])[O-].[Li+].[Li+]. The Morgan fingerprint density at radius 2 is 1.50 bits per heavy atom. The average Bonchev–Trinajstić information content (AvgIpc) is 1.65. The van der Waals surface area contributed by atoms with Gasteiger partial charge in [0.1, 0.15) is 0 Å². The van der Waals surface area contributed by atoms with Gasteiger partial charge in [-0.1, -0.05) is 0 Å². The maximum absolute atomic E-state index is 8.52. The number of hydrogen-bond acceptors (Lipinski definition) is 5. The number of nitrogens with two attached hydrogens (primary N) is 1. The molecule has 0 aromatic rings. The summed E-state index contributed by atoms with van der Waals surface area (Å²) in [4.78, 5) is 17.0. The van der Waals surface area contributed by atoms with E-state index >= 15 is 0 Å². The summed E-state index contributed by atoms with van der Waals surface area (Å²) in [6.07, 6.45) is 0. The summed E-state index contributed by atoms with van der Waals surface area (Å²) in [7, 11) is -3.63. The molecule has 0 aliphatic heterocycles. The van der Waals surface area contributed by atoms with Crippen LogP contribution in [0.3, 0.4) is 0 Å². The first-order valence-electron chi connectivity index (χ1n) is 1.84. The van der Waals surface area contributed by atoms with E-state index in [4.69, 9.17) is 24.9 Å². The maximum atomic E-state index is 8.52. The molecule has 0 rings (SSSR count). The van der Waals surface area contributed by atoms with Crippen LogP contribution in [-0.4, -0.2) is 27.4 Å². The third-order valence-corrected chi connectivity index (χ3v) is 0.129. The molecule has 0 unspecified atom stereocenters. The standard InChI is InChI=1S/C2H7NO.2Li.O3Si/c3-1-2-4;;;1-4(2)3/h4H,1-3H2;;;/q;2*+1;-2. The van der Waals surface area contributed by atoms with Crippen LogP contribution < -0.4 is 53.0 Å². The first kappa shape index (κ1) is 22.4. The molecule has 50 valence electrons. The third kappa shape index (κ3) is 174. The Morgan fingerprint density at radius 1 is 1.40 bits per heavy atom. The molecule has 8 heteroatoms. The molecular weight excluding hydrogens is 144 g/mol. The van der Waals surface area contributed by atoms with Gasteiger partial charge in [-0.05, 0) is 0 Å².